The van der Waals surface area contributed by atoms with E-state index in [1.54, 1.807) is 4.68 Å². The van der Waals surface area contributed by atoms with Crippen molar-refractivity contribution < 1.29 is 9.90 Å². The lowest BCUT2D eigenvalue weighted by Crippen LogP contribution is -2.36. The summed E-state index contributed by atoms with van der Waals surface area (Å²) in [6, 6.07) is 2.29. The van der Waals surface area contributed by atoms with E-state index < -0.39 is 5.97 Å². The lowest BCUT2D eigenvalue weighted by Gasteiger charge is -2.27. The first-order valence-corrected chi connectivity index (χ1v) is 6.10. The Kier molecular flexibility index (Phi) is 3.78. The van der Waals surface area contributed by atoms with Crippen molar-refractivity contribution in [1.82, 2.24) is 15.1 Å². The van der Waals surface area contributed by atoms with Gasteiger partial charge in [0.15, 0.2) is 0 Å². The van der Waals surface area contributed by atoms with Crippen molar-refractivity contribution in [2.24, 2.45) is 13.0 Å². The first kappa shape index (κ1) is 12.1. The Balaban J connectivity index is 1.81. The molecule has 1 saturated carbocycles. The van der Waals surface area contributed by atoms with Crippen molar-refractivity contribution >= 4 is 5.97 Å². The first-order valence-electron chi connectivity index (χ1n) is 6.10. The van der Waals surface area contributed by atoms with Gasteiger partial charge in [-0.2, -0.15) is 5.10 Å². The zero-order chi connectivity index (χ0) is 12.3. The third-order valence-electron chi connectivity index (χ3n) is 3.36. The summed E-state index contributed by atoms with van der Waals surface area (Å²) in [5.74, 6) is -0.834. The van der Waals surface area contributed by atoms with Crippen molar-refractivity contribution in [3.05, 3.63) is 18.0 Å². The summed E-state index contributed by atoms with van der Waals surface area (Å²) < 4.78 is 1.78. The Morgan fingerprint density at radius 1 is 1.65 bits per heavy atom. The minimum atomic E-state index is -0.658. The van der Waals surface area contributed by atoms with Crippen molar-refractivity contribution in [1.29, 1.82) is 0 Å². The van der Waals surface area contributed by atoms with E-state index in [2.05, 4.69) is 10.4 Å². The average Bonchev–Trinajstić information content (AvgIpc) is 2.73. The number of carbonyl (C=O) groups is 1. The molecule has 2 unspecified atom stereocenters. The molecule has 2 rings (SSSR count). The smallest absolute Gasteiger partial charge is 0.306 e. The van der Waals surface area contributed by atoms with E-state index in [9.17, 15) is 4.79 Å². The van der Waals surface area contributed by atoms with E-state index in [-0.39, 0.29) is 5.92 Å². The van der Waals surface area contributed by atoms with E-state index >= 15 is 0 Å². The van der Waals surface area contributed by atoms with Crippen molar-refractivity contribution in [2.45, 2.75) is 38.3 Å². The van der Waals surface area contributed by atoms with Crippen molar-refractivity contribution in [2.75, 3.05) is 0 Å². The van der Waals surface area contributed by atoms with Crippen LogP contribution in [0.3, 0.4) is 0 Å². The highest BCUT2D eigenvalue weighted by Crippen LogP contribution is 2.24. The summed E-state index contributed by atoms with van der Waals surface area (Å²) in [6.07, 6.45) is 5.53. The number of aromatic nitrogens is 2. The number of nitrogens with one attached hydrogen (secondary N) is 1. The maximum absolute atomic E-state index is 10.9. The molecule has 1 aromatic rings. The van der Waals surface area contributed by atoms with Crippen LogP contribution in [0.4, 0.5) is 0 Å². The van der Waals surface area contributed by atoms with Gasteiger partial charge in [0.1, 0.15) is 0 Å². The van der Waals surface area contributed by atoms with Crippen LogP contribution in [-0.2, 0) is 18.4 Å². The molecule has 5 heteroatoms. The van der Waals surface area contributed by atoms with Crippen LogP contribution < -0.4 is 5.32 Å². The van der Waals surface area contributed by atoms with Crippen LogP contribution in [-0.4, -0.2) is 26.9 Å². The SMILES string of the molecule is Cn1ccc(CNC2CCCC(C(=O)O)C2)n1. The largest absolute Gasteiger partial charge is 0.481 e. The average molecular weight is 237 g/mol. The molecule has 0 radical (unpaired) electrons. The fourth-order valence-electron chi connectivity index (χ4n) is 2.41. The topological polar surface area (TPSA) is 67.2 Å². The summed E-state index contributed by atoms with van der Waals surface area (Å²) in [5, 5.41) is 16.7. The van der Waals surface area contributed by atoms with Crippen LogP contribution in [0.25, 0.3) is 0 Å². The van der Waals surface area contributed by atoms with Gasteiger partial charge < -0.3 is 10.4 Å². The number of carboxylic acids is 1. The van der Waals surface area contributed by atoms with Gasteiger partial charge in [0.25, 0.3) is 0 Å². The number of carboxylic acid groups (broad SMARTS) is 1. The summed E-state index contributed by atoms with van der Waals surface area (Å²) in [7, 11) is 1.89. The molecule has 1 aliphatic carbocycles. The van der Waals surface area contributed by atoms with Crippen LogP contribution in [0, 0.1) is 5.92 Å². The molecule has 94 valence electrons. The summed E-state index contributed by atoms with van der Waals surface area (Å²) >= 11 is 0. The second kappa shape index (κ2) is 5.31. The molecule has 17 heavy (non-hydrogen) atoms. The molecule has 0 amide bonds. The predicted molar refractivity (Wildman–Crippen MR) is 63.4 cm³/mol. The molecule has 0 bridgehead atoms. The molecule has 1 aromatic heterocycles. The van der Waals surface area contributed by atoms with Gasteiger partial charge in [-0.1, -0.05) is 6.42 Å². The normalized spacial score (nSPS) is 24.8. The molecule has 0 spiro atoms. The lowest BCUT2D eigenvalue weighted by atomic mass is 9.86. The molecular weight excluding hydrogens is 218 g/mol. The van der Waals surface area contributed by atoms with Crippen LogP contribution in [0.15, 0.2) is 12.3 Å². The van der Waals surface area contributed by atoms with E-state index in [1.165, 1.54) is 0 Å². The van der Waals surface area contributed by atoms with Gasteiger partial charge in [-0.05, 0) is 25.3 Å². The van der Waals surface area contributed by atoms with Gasteiger partial charge in [-0.25, -0.2) is 0 Å². The monoisotopic (exact) mass is 237 g/mol. The zero-order valence-electron chi connectivity index (χ0n) is 10.1. The summed E-state index contributed by atoms with van der Waals surface area (Å²) in [5.41, 5.74) is 1.00. The number of hydrogen-bond acceptors (Lipinski definition) is 3. The van der Waals surface area contributed by atoms with Crippen LogP contribution in [0.2, 0.25) is 0 Å². The summed E-state index contributed by atoms with van der Waals surface area (Å²) in [4.78, 5) is 10.9. The highest BCUT2D eigenvalue weighted by molar-refractivity contribution is 5.70. The van der Waals surface area contributed by atoms with Gasteiger partial charge in [0, 0.05) is 25.8 Å². The first-order chi connectivity index (χ1) is 8.15. The van der Waals surface area contributed by atoms with E-state index in [0.29, 0.717) is 6.04 Å². The molecule has 2 atom stereocenters. The standard InChI is InChI=1S/C12H19N3O2/c1-15-6-5-11(14-15)8-13-10-4-2-3-9(7-10)12(16)17/h5-6,9-10,13H,2-4,7-8H2,1H3,(H,16,17). The summed E-state index contributed by atoms with van der Waals surface area (Å²) in [6.45, 7) is 0.720. The fourth-order valence-corrected chi connectivity index (χ4v) is 2.41. The molecule has 0 aromatic carbocycles. The highest BCUT2D eigenvalue weighted by Gasteiger charge is 2.26. The minimum absolute atomic E-state index is 0.176. The Hall–Kier alpha value is -1.36. The molecular formula is C12H19N3O2. The van der Waals surface area contributed by atoms with Gasteiger partial charge in [-0.3, -0.25) is 9.48 Å². The molecule has 1 fully saturated rings. The van der Waals surface area contributed by atoms with E-state index in [1.807, 2.05) is 19.3 Å². The molecule has 1 heterocycles. The van der Waals surface area contributed by atoms with Crippen LogP contribution >= 0.6 is 0 Å². The van der Waals surface area contributed by atoms with Gasteiger partial charge in [-0.15, -0.1) is 0 Å². The van der Waals surface area contributed by atoms with E-state index in [4.69, 9.17) is 5.11 Å². The maximum atomic E-state index is 10.9. The fraction of sp³-hybridized carbons (Fsp3) is 0.667. The molecule has 0 saturated heterocycles. The number of nitrogens with zero attached hydrogens (tertiary/aromatic N) is 2. The Labute approximate surface area is 101 Å². The Morgan fingerprint density at radius 3 is 3.12 bits per heavy atom. The minimum Gasteiger partial charge on any atom is -0.481 e. The zero-order valence-corrected chi connectivity index (χ0v) is 10.1. The molecule has 5 nitrogen and oxygen atoms in total. The second-order valence-corrected chi connectivity index (χ2v) is 4.76. The maximum Gasteiger partial charge on any atom is 0.306 e. The van der Waals surface area contributed by atoms with Crippen molar-refractivity contribution in [3.63, 3.8) is 0 Å². The molecule has 2 N–H and O–H groups in total. The number of rotatable bonds is 4. The third-order valence-corrected chi connectivity index (χ3v) is 3.36. The van der Waals surface area contributed by atoms with Crippen LogP contribution in [0.1, 0.15) is 31.4 Å². The number of aryl methyl sites for hydroxylation is 1. The molecule has 0 aliphatic heterocycles. The second-order valence-electron chi connectivity index (χ2n) is 4.76. The lowest BCUT2D eigenvalue weighted by molar-refractivity contribution is -0.143. The highest BCUT2D eigenvalue weighted by atomic mass is 16.4. The third kappa shape index (κ3) is 3.30. The molecule has 1 aliphatic rings. The van der Waals surface area contributed by atoms with Gasteiger partial charge in [0.2, 0.25) is 0 Å². The van der Waals surface area contributed by atoms with Gasteiger partial charge in [0.05, 0.1) is 11.6 Å². The number of aliphatic carboxylic acids is 1. The van der Waals surface area contributed by atoms with Gasteiger partial charge >= 0.3 is 5.97 Å². The Morgan fingerprint density at radius 2 is 2.47 bits per heavy atom. The van der Waals surface area contributed by atoms with Crippen LogP contribution in [0.5, 0.6) is 0 Å². The van der Waals surface area contributed by atoms with E-state index in [0.717, 1.165) is 37.9 Å². The quantitative estimate of drug-likeness (QED) is 0.824. The van der Waals surface area contributed by atoms with Crippen molar-refractivity contribution in [3.8, 4) is 0 Å². The Bertz CT molecular complexity index is 389. The number of hydrogen-bond donors (Lipinski definition) is 2. The predicted octanol–water partition coefficient (Wildman–Crippen LogP) is 1.15.